The number of benzene rings is 2. The van der Waals surface area contributed by atoms with Gasteiger partial charge in [0.15, 0.2) is 12.4 Å². The molecule has 4 aromatic rings. The van der Waals surface area contributed by atoms with Gasteiger partial charge in [-0.15, -0.1) is 15.3 Å². The van der Waals surface area contributed by atoms with Crippen LogP contribution >= 0.6 is 11.3 Å². The number of nitrogens with one attached hydrogen (secondary N) is 1. The number of nitrogens with zero attached hydrogens (tertiary/aromatic N) is 4. The first-order valence-corrected chi connectivity index (χ1v) is 9.29. The molecule has 2 aromatic heterocycles. The summed E-state index contributed by atoms with van der Waals surface area (Å²) in [6.07, 6.45) is 0. The van der Waals surface area contributed by atoms with E-state index in [0.29, 0.717) is 27.2 Å². The second-order valence-corrected chi connectivity index (χ2v) is 7.17. The second kappa shape index (κ2) is 7.35. The molecule has 0 atom stereocenters. The van der Waals surface area contributed by atoms with E-state index >= 15 is 0 Å². The summed E-state index contributed by atoms with van der Waals surface area (Å²) in [7, 11) is 0. The molecule has 0 bridgehead atoms. The third kappa shape index (κ3) is 3.70. The van der Waals surface area contributed by atoms with Gasteiger partial charge in [-0.05, 0) is 61.4 Å². The third-order valence-electron chi connectivity index (χ3n) is 4.19. The molecule has 2 aromatic carbocycles. The zero-order valence-electron chi connectivity index (χ0n) is 15.1. The maximum Gasteiger partial charge on any atom is 0.264 e. The van der Waals surface area contributed by atoms with E-state index in [1.165, 1.54) is 28.0 Å². The highest BCUT2D eigenvalue weighted by Crippen LogP contribution is 2.24. The lowest BCUT2D eigenvalue weighted by atomic mass is 10.1. The van der Waals surface area contributed by atoms with Crippen LogP contribution in [0.5, 0.6) is 5.75 Å². The van der Waals surface area contributed by atoms with E-state index in [4.69, 9.17) is 4.74 Å². The average molecular weight is 397 g/mol. The lowest BCUT2D eigenvalue weighted by molar-refractivity contribution is -0.118. The number of hydrogen-bond donors (Lipinski definition) is 1. The molecular formula is C19H16FN5O2S. The first-order chi connectivity index (χ1) is 13.5. The van der Waals surface area contributed by atoms with Gasteiger partial charge in [-0.25, -0.2) is 4.39 Å². The Labute approximate surface area is 163 Å². The number of ether oxygens (including phenoxy) is 1. The van der Waals surface area contributed by atoms with Crippen LogP contribution in [-0.4, -0.2) is 32.3 Å². The summed E-state index contributed by atoms with van der Waals surface area (Å²) < 4.78 is 20.2. The standard InChI is InChI=1S/C19H16FN5O2S/c1-11-3-8-15(9-12(11)2)27-10-16(26)21-18-24-25-17(22-23-19(25)28-18)13-4-6-14(20)7-5-13/h3-9H,10H2,1-2H3,(H,21,24,26). The normalized spacial score (nSPS) is 11.0. The van der Waals surface area contributed by atoms with Crippen LogP contribution < -0.4 is 10.1 Å². The number of aromatic nitrogens is 4. The Kier molecular flexibility index (Phi) is 4.74. The van der Waals surface area contributed by atoms with Crippen LogP contribution in [0.3, 0.4) is 0 Å². The predicted molar refractivity (Wildman–Crippen MR) is 104 cm³/mol. The molecule has 0 aliphatic rings. The molecule has 0 spiro atoms. The van der Waals surface area contributed by atoms with Crippen molar-refractivity contribution in [1.82, 2.24) is 19.8 Å². The summed E-state index contributed by atoms with van der Waals surface area (Å²) in [4.78, 5) is 12.7. The predicted octanol–water partition coefficient (Wildman–Crippen LogP) is 3.63. The lowest BCUT2D eigenvalue weighted by Gasteiger charge is -2.07. The van der Waals surface area contributed by atoms with Crippen molar-refractivity contribution in [2.45, 2.75) is 13.8 Å². The minimum Gasteiger partial charge on any atom is -0.484 e. The van der Waals surface area contributed by atoms with Crippen LogP contribution in [0.25, 0.3) is 16.3 Å². The van der Waals surface area contributed by atoms with Gasteiger partial charge in [-0.2, -0.15) is 4.52 Å². The highest BCUT2D eigenvalue weighted by atomic mass is 32.1. The molecular weight excluding hydrogens is 381 g/mol. The number of carbonyl (C=O) groups excluding carboxylic acids is 1. The van der Waals surface area contributed by atoms with E-state index in [2.05, 4.69) is 20.6 Å². The van der Waals surface area contributed by atoms with Gasteiger partial charge >= 0.3 is 0 Å². The maximum atomic E-state index is 13.1. The summed E-state index contributed by atoms with van der Waals surface area (Å²) in [6, 6.07) is 11.5. The van der Waals surface area contributed by atoms with Gasteiger partial charge < -0.3 is 4.74 Å². The van der Waals surface area contributed by atoms with Crippen LogP contribution in [0, 0.1) is 19.7 Å². The topological polar surface area (TPSA) is 81.4 Å². The fraction of sp³-hybridized carbons (Fsp3) is 0.158. The molecule has 0 aliphatic heterocycles. The van der Waals surface area contributed by atoms with Gasteiger partial charge in [0.05, 0.1) is 0 Å². The zero-order chi connectivity index (χ0) is 19.7. The summed E-state index contributed by atoms with van der Waals surface area (Å²) in [5.74, 6) is 0.444. The lowest BCUT2D eigenvalue weighted by Crippen LogP contribution is -2.20. The molecule has 0 aliphatic carbocycles. The Bertz CT molecular complexity index is 1150. The van der Waals surface area contributed by atoms with Gasteiger partial charge in [-0.3, -0.25) is 10.1 Å². The average Bonchev–Trinajstić information content (AvgIpc) is 3.23. The molecule has 1 N–H and O–H groups in total. The van der Waals surface area contributed by atoms with Crippen molar-refractivity contribution in [2.24, 2.45) is 0 Å². The molecule has 0 fully saturated rings. The minimum atomic E-state index is -0.334. The van der Waals surface area contributed by atoms with Crippen molar-refractivity contribution in [3.05, 3.63) is 59.4 Å². The number of amides is 1. The molecule has 0 saturated carbocycles. The van der Waals surface area contributed by atoms with Crippen LogP contribution in [0.1, 0.15) is 11.1 Å². The van der Waals surface area contributed by atoms with E-state index in [1.807, 2.05) is 32.0 Å². The Morgan fingerprint density at radius 1 is 1.14 bits per heavy atom. The van der Waals surface area contributed by atoms with E-state index in [0.717, 1.165) is 11.1 Å². The van der Waals surface area contributed by atoms with Gasteiger partial charge in [0.25, 0.3) is 5.91 Å². The van der Waals surface area contributed by atoms with Crippen molar-refractivity contribution in [2.75, 3.05) is 11.9 Å². The van der Waals surface area contributed by atoms with E-state index in [-0.39, 0.29) is 18.3 Å². The Balaban J connectivity index is 1.45. The first-order valence-electron chi connectivity index (χ1n) is 8.48. The number of fused-ring (bicyclic) bond motifs is 1. The van der Waals surface area contributed by atoms with Crippen molar-refractivity contribution >= 4 is 27.3 Å². The van der Waals surface area contributed by atoms with Gasteiger partial charge in [0.1, 0.15) is 11.6 Å². The van der Waals surface area contributed by atoms with Gasteiger partial charge in [0, 0.05) is 5.56 Å². The fourth-order valence-corrected chi connectivity index (χ4v) is 3.31. The van der Waals surface area contributed by atoms with Crippen LogP contribution in [0.2, 0.25) is 0 Å². The molecule has 0 unspecified atom stereocenters. The number of anilines is 1. The number of aryl methyl sites for hydroxylation is 2. The second-order valence-electron chi connectivity index (χ2n) is 6.22. The number of hydrogen-bond acceptors (Lipinski definition) is 6. The molecule has 28 heavy (non-hydrogen) atoms. The minimum absolute atomic E-state index is 0.131. The van der Waals surface area contributed by atoms with Crippen molar-refractivity contribution in [1.29, 1.82) is 0 Å². The molecule has 0 radical (unpaired) electrons. The Morgan fingerprint density at radius 3 is 2.68 bits per heavy atom. The highest BCUT2D eigenvalue weighted by Gasteiger charge is 2.15. The van der Waals surface area contributed by atoms with Crippen molar-refractivity contribution < 1.29 is 13.9 Å². The van der Waals surface area contributed by atoms with Crippen molar-refractivity contribution in [3.8, 4) is 17.1 Å². The van der Waals surface area contributed by atoms with Crippen LogP contribution in [-0.2, 0) is 4.79 Å². The van der Waals surface area contributed by atoms with E-state index in [1.54, 1.807) is 12.1 Å². The third-order valence-corrected chi connectivity index (χ3v) is 5.00. The molecule has 7 nitrogen and oxygen atoms in total. The molecule has 0 saturated heterocycles. The SMILES string of the molecule is Cc1ccc(OCC(=O)Nc2nn3c(-c4ccc(F)cc4)nnc3s2)cc1C. The molecule has 9 heteroatoms. The van der Waals surface area contributed by atoms with Gasteiger partial charge in [-0.1, -0.05) is 17.4 Å². The molecule has 2 heterocycles. The quantitative estimate of drug-likeness (QED) is 0.556. The number of halogens is 1. The van der Waals surface area contributed by atoms with Crippen LogP contribution in [0.15, 0.2) is 42.5 Å². The number of rotatable bonds is 5. The Morgan fingerprint density at radius 2 is 1.93 bits per heavy atom. The van der Waals surface area contributed by atoms with Crippen molar-refractivity contribution in [3.63, 3.8) is 0 Å². The van der Waals surface area contributed by atoms with Gasteiger partial charge in [0.2, 0.25) is 10.1 Å². The highest BCUT2D eigenvalue weighted by molar-refractivity contribution is 7.20. The Hall–Kier alpha value is -3.33. The van der Waals surface area contributed by atoms with Crippen LogP contribution in [0.4, 0.5) is 9.52 Å². The van der Waals surface area contributed by atoms with E-state index < -0.39 is 0 Å². The first kappa shape index (κ1) is 18.1. The summed E-state index contributed by atoms with van der Waals surface area (Å²) in [6.45, 7) is 3.87. The zero-order valence-corrected chi connectivity index (χ0v) is 16.0. The maximum absolute atomic E-state index is 13.1. The molecule has 142 valence electrons. The largest absolute Gasteiger partial charge is 0.484 e. The fourth-order valence-electron chi connectivity index (χ4n) is 2.55. The summed E-state index contributed by atoms with van der Waals surface area (Å²) in [5.41, 5.74) is 2.93. The number of carbonyl (C=O) groups is 1. The molecule has 1 amide bonds. The smallest absolute Gasteiger partial charge is 0.264 e. The van der Waals surface area contributed by atoms with E-state index in [9.17, 15) is 9.18 Å². The summed E-state index contributed by atoms with van der Waals surface area (Å²) >= 11 is 1.19. The monoisotopic (exact) mass is 397 g/mol. The summed E-state index contributed by atoms with van der Waals surface area (Å²) in [5, 5.41) is 15.5. The molecule has 4 rings (SSSR count).